The van der Waals surface area contributed by atoms with E-state index < -0.39 is 10.0 Å². The number of carbonyl (C=O) groups is 1. The molecule has 2 rings (SSSR count). The van der Waals surface area contributed by atoms with Gasteiger partial charge in [-0.05, 0) is 30.2 Å². The molecule has 0 radical (unpaired) electrons. The van der Waals surface area contributed by atoms with E-state index in [9.17, 15) is 13.2 Å². The summed E-state index contributed by atoms with van der Waals surface area (Å²) < 4.78 is 22.7. The average molecular weight is 333 g/mol. The maximum absolute atomic E-state index is 11.9. The molecular formula is C16H19N3O3S. The second-order valence-corrected chi connectivity index (χ2v) is 6.71. The van der Waals surface area contributed by atoms with Gasteiger partial charge in [0.1, 0.15) is 0 Å². The highest BCUT2D eigenvalue weighted by Gasteiger charge is 2.13. The summed E-state index contributed by atoms with van der Waals surface area (Å²) in [6, 6.07) is 15.1. The van der Waals surface area contributed by atoms with Gasteiger partial charge in [0.2, 0.25) is 10.0 Å². The molecule has 2 amide bonds. The standard InChI is InChI=1S/C16H19N3O3S/c1-12(14-8-5-9-15(10-14)23(17,21)22)19-16(20)18-11-13-6-3-2-4-7-13/h2-10,12H,11H2,1H3,(H2,17,21,22)(H2,18,19,20). The lowest BCUT2D eigenvalue weighted by Crippen LogP contribution is -2.36. The minimum absolute atomic E-state index is 0.0216. The first-order valence-electron chi connectivity index (χ1n) is 7.07. The van der Waals surface area contributed by atoms with E-state index in [4.69, 9.17) is 5.14 Å². The smallest absolute Gasteiger partial charge is 0.315 e. The van der Waals surface area contributed by atoms with Gasteiger partial charge in [0.25, 0.3) is 0 Å². The molecule has 0 heterocycles. The van der Waals surface area contributed by atoms with Gasteiger partial charge in [0, 0.05) is 6.54 Å². The van der Waals surface area contributed by atoms with Crippen molar-refractivity contribution in [2.24, 2.45) is 5.14 Å². The number of hydrogen-bond donors (Lipinski definition) is 3. The molecule has 2 aromatic carbocycles. The molecule has 0 fully saturated rings. The third-order valence-corrected chi connectivity index (χ3v) is 4.24. The number of urea groups is 1. The molecular weight excluding hydrogens is 314 g/mol. The lowest BCUT2D eigenvalue weighted by molar-refractivity contribution is 0.237. The van der Waals surface area contributed by atoms with Crippen molar-refractivity contribution >= 4 is 16.1 Å². The first-order chi connectivity index (χ1) is 10.9. The summed E-state index contributed by atoms with van der Waals surface area (Å²) in [6.07, 6.45) is 0. The molecule has 0 aliphatic heterocycles. The molecule has 2 aromatic rings. The molecule has 0 bridgehead atoms. The van der Waals surface area contributed by atoms with Crippen LogP contribution in [0.5, 0.6) is 0 Å². The van der Waals surface area contributed by atoms with Gasteiger partial charge in [-0.3, -0.25) is 0 Å². The molecule has 0 saturated heterocycles. The van der Waals surface area contributed by atoms with Crippen molar-refractivity contribution in [3.8, 4) is 0 Å². The van der Waals surface area contributed by atoms with Gasteiger partial charge >= 0.3 is 6.03 Å². The van der Waals surface area contributed by atoms with Crippen molar-refractivity contribution in [2.75, 3.05) is 0 Å². The molecule has 6 nitrogen and oxygen atoms in total. The average Bonchev–Trinajstić information content (AvgIpc) is 2.53. The Hall–Kier alpha value is -2.38. The summed E-state index contributed by atoms with van der Waals surface area (Å²) in [4.78, 5) is 11.9. The highest BCUT2D eigenvalue weighted by atomic mass is 32.2. The molecule has 0 spiro atoms. The summed E-state index contributed by atoms with van der Waals surface area (Å²) in [5, 5.41) is 10.6. The van der Waals surface area contributed by atoms with Crippen LogP contribution in [0.15, 0.2) is 59.5 Å². The number of amides is 2. The highest BCUT2D eigenvalue weighted by Crippen LogP contribution is 2.16. The van der Waals surface area contributed by atoms with Crippen LogP contribution in [0, 0.1) is 0 Å². The predicted molar refractivity (Wildman–Crippen MR) is 88.0 cm³/mol. The number of nitrogens with one attached hydrogen (secondary N) is 2. The van der Waals surface area contributed by atoms with E-state index in [1.807, 2.05) is 30.3 Å². The number of rotatable bonds is 5. The number of hydrogen-bond acceptors (Lipinski definition) is 3. The van der Waals surface area contributed by atoms with Crippen LogP contribution in [0.25, 0.3) is 0 Å². The first-order valence-corrected chi connectivity index (χ1v) is 8.62. The van der Waals surface area contributed by atoms with Crippen molar-refractivity contribution < 1.29 is 13.2 Å². The SMILES string of the molecule is CC(NC(=O)NCc1ccccc1)c1cccc(S(N)(=O)=O)c1. The molecule has 23 heavy (non-hydrogen) atoms. The first kappa shape index (κ1) is 17.0. The van der Waals surface area contributed by atoms with Gasteiger partial charge in [-0.2, -0.15) is 0 Å². The van der Waals surface area contributed by atoms with Crippen LogP contribution in [0.2, 0.25) is 0 Å². The van der Waals surface area contributed by atoms with E-state index in [1.165, 1.54) is 12.1 Å². The maximum atomic E-state index is 11.9. The van der Waals surface area contributed by atoms with Crippen molar-refractivity contribution in [1.82, 2.24) is 10.6 Å². The monoisotopic (exact) mass is 333 g/mol. The van der Waals surface area contributed by atoms with Gasteiger partial charge in [-0.15, -0.1) is 0 Å². The minimum atomic E-state index is -3.76. The summed E-state index contributed by atoms with van der Waals surface area (Å²) in [5.74, 6) is 0. The topological polar surface area (TPSA) is 101 Å². The van der Waals surface area contributed by atoms with Gasteiger partial charge < -0.3 is 10.6 Å². The van der Waals surface area contributed by atoms with Crippen LogP contribution >= 0.6 is 0 Å². The fourth-order valence-electron chi connectivity index (χ4n) is 2.07. The van der Waals surface area contributed by atoms with E-state index in [1.54, 1.807) is 19.1 Å². The normalized spacial score (nSPS) is 12.4. The molecule has 0 aliphatic carbocycles. The van der Waals surface area contributed by atoms with E-state index >= 15 is 0 Å². The van der Waals surface area contributed by atoms with Crippen molar-refractivity contribution in [3.05, 3.63) is 65.7 Å². The Morgan fingerprint density at radius 2 is 1.83 bits per heavy atom. The summed E-state index contributed by atoms with van der Waals surface area (Å²) in [7, 11) is -3.76. The molecule has 1 atom stereocenters. The van der Waals surface area contributed by atoms with Crippen molar-refractivity contribution in [1.29, 1.82) is 0 Å². The summed E-state index contributed by atoms with van der Waals surface area (Å²) >= 11 is 0. The van der Waals surface area contributed by atoms with Crippen LogP contribution in [0.3, 0.4) is 0 Å². The number of nitrogens with two attached hydrogens (primary N) is 1. The molecule has 4 N–H and O–H groups in total. The molecule has 0 aromatic heterocycles. The third-order valence-electron chi connectivity index (χ3n) is 3.33. The van der Waals surface area contributed by atoms with Crippen LogP contribution < -0.4 is 15.8 Å². The van der Waals surface area contributed by atoms with E-state index in [-0.39, 0.29) is 17.0 Å². The third kappa shape index (κ3) is 5.08. The minimum Gasteiger partial charge on any atom is -0.334 e. The number of benzene rings is 2. The van der Waals surface area contributed by atoms with Crippen LogP contribution in [-0.2, 0) is 16.6 Å². The summed E-state index contributed by atoms with van der Waals surface area (Å²) in [6.45, 7) is 2.18. The Kier molecular flexibility index (Phi) is 5.36. The highest BCUT2D eigenvalue weighted by molar-refractivity contribution is 7.89. The number of carbonyl (C=O) groups excluding carboxylic acids is 1. The van der Waals surface area contributed by atoms with Crippen molar-refractivity contribution in [3.63, 3.8) is 0 Å². The van der Waals surface area contributed by atoms with E-state index in [0.29, 0.717) is 12.1 Å². The quantitative estimate of drug-likeness (QED) is 0.779. The maximum Gasteiger partial charge on any atom is 0.315 e. The predicted octanol–water partition coefficient (Wildman–Crippen LogP) is 1.89. The second-order valence-electron chi connectivity index (χ2n) is 5.15. The molecule has 122 valence electrons. The van der Waals surface area contributed by atoms with Gasteiger partial charge in [-0.25, -0.2) is 18.4 Å². The Labute approximate surface area is 135 Å². The zero-order chi connectivity index (χ0) is 16.9. The summed E-state index contributed by atoms with van der Waals surface area (Å²) in [5.41, 5.74) is 1.65. The second kappa shape index (κ2) is 7.26. The van der Waals surface area contributed by atoms with E-state index in [2.05, 4.69) is 10.6 Å². The Morgan fingerprint density at radius 1 is 1.13 bits per heavy atom. The number of sulfonamides is 1. The van der Waals surface area contributed by atoms with Crippen LogP contribution in [-0.4, -0.2) is 14.4 Å². The van der Waals surface area contributed by atoms with Gasteiger partial charge in [0.15, 0.2) is 0 Å². The van der Waals surface area contributed by atoms with E-state index in [0.717, 1.165) is 5.56 Å². The Morgan fingerprint density at radius 3 is 2.48 bits per heavy atom. The van der Waals surface area contributed by atoms with Crippen LogP contribution in [0.1, 0.15) is 24.1 Å². The number of primary sulfonamides is 1. The lowest BCUT2D eigenvalue weighted by Gasteiger charge is -2.15. The lowest BCUT2D eigenvalue weighted by atomic mass is 10.1. The molecule has 0 aliphatic rings. The van der Waals surface area contributed by atoms with Crippen molar-refractivity contribution in [2.45, 2.75) is 24.4 Å². The van der Waals surface area contributed by atoms with Gasteiger partial charge in [0.05, 0.1) is 10.9 Å². The fourth-order valence-corrected chi connectivity index (χ4v) is 2.64. The van der Waals surface area contributed by atoms with Crippen LogP contribution in [0.4, 0.5) is 4.79 Å². The molecule has 1 unspecified atom stereocenters. The fraction of sp³-hybridized carbons (Fsp3) is 0.188. The zero-order valence-electron chi connectivity index (χ0n) is 12.7. The van der Waals surface area contributed by atoms with Gasteiger partial charge in [-0.1, -0.05) is 42.5 Å². The Balaban J connectivity index is 1.96. The molecule has 0 saturated carbocycles. The zero-order valence-corrected chi connectivity index (χ0v) is 13.5. The Bertz CT molecular complexity index is 776. The molecule has 7 heteroatoms. The largest absolute Gasteiger partial charge is 0.334 e.